The van der Waals surface area contributed by atoms with E-state index in [-0.39, 0.29) is 24.5 Å². The summed E-state index contributed by atoms with van der Waals surface area (Å²) in [4.78, 5) is 38.3. The van der Waals surface area contributed by atoms with E-state index < -0.39 is 0 Å². The van der Waals surface area contributed by atoms with E-state index in [1.54, 1.807) is 0 Å². The summed E-state index contributed by atoms with van der Waals surface area (Å²) in [6.45, 7) is 7.53. The molecule has 0 amide bonds. The molecule has 0 spiro atoms. The van der Waals surface area contributed by atoms with Crippen molar-refractivity contribution in [2.24, 2.45) is 0 Å². The van der Waals surface area contributed by atoms with Gasteiger partial charge in [0.15, 0.2) is 0 Å². The van der Waals surface area contributed by atoms with Gasteiger partial charge in [0, 0.05) is 24.9 Å². The van der Waals surface area contributed by atoms with Gasteiger partial charge in [-0.15, -0.1) is 0 Å². The van der Waals surface area contributed by atoms with Gasteiger partial charge in [-0.2, -0.15) is 0 Å². The zero-order chi connectivity index (χ0) is 41.4. The third-order valence-corrected chi connectivity index (χ3v) is 10.3. The van der Waals surface area contributed by atoms with Gasteiger partial charge in [0.2, 0.25) is 0 Å². The molecule has 1 aromatic carbocycles. The van der Waals surface area contributed by atoms with E-state index >= 15 is 0 Å². The number of rotatable bonds is 41. The lowest BCUT2D eigenvalue weighted by molar-refractivity contribution is -0.145. The van der Waals surface area contributed by atoms with Crippen LogP contribution >= 0.6 is 0 Å². The van der Waals surface area contributed by atoms with Gasteiger partial charge in [0.25, 0.3) is 0 Å². The standard InChI is InChI=1S/C48H85NO8/c1-5-7-9-11-13-19-25-31-46(50)55-39-29-23-17-15-21-27-37-53-44-33-34-45(43(41-44)42-57-48(52)35-36-49(3)4)54-38-28-22-16-18-24-30-40-56-47(51)32-26-20-14-12-10-8-6-2/h33-34,41H,5-32,35-40,42H2,1-4H3. The van der Waals surface area contributed by atoms with Crippen LogP contribution in [0.1, 0.15) is 206 Å². The molecule has 1 aromatic rings. The van der Waals surface area contributed by atoms with Crippen molar-refractivity contribution in [2.45, 2.75) is 207 Å². The van der Waals surface area contributed by atoms with E-state index in [0.29, 0.717) is 52.2 Å². The van der Waals surface area contributed by atoms with Gasteiger partial charge in [-0.05, 0) is 70.8 Å². The number of carbonyl (C=O) groups is 3. The topological polar surface area (TPSA) is 101 Å². The lowest BCUT2D eigenvalue weighted by Crippen LogP contribution is -2.18. The lowest BCUT2D eigenvalue weighted by Gasteiger charge is -2.15. The first-order chi connectivity index (χ1) is 27.8. The molecule has 0 aromatic heterocycles. The van der Waals surface area contributed by atoms with E-state index in [1.807, 2.05) is 37.2 Å². The van der Waals surface area contributed by atoms with Crippen molar-refractivity contribution in [3.05, 3.63) is 23.8 Å². The van der Waals surface area contributed by atoms with Crippen molar-refractivity contribution in [3.63, 3.8) is 0 Å². The zero-order valence-electron chi connectivity index (χ0n) is 37.2. The summed E-state index contributed by atoms with van der Waals surface area (Å²) < 4.78 is 28.7. The smallest absolute Gasteiger partial charge is 0.307 e. The summed E-state index contributed by atoms with van der Waals surface area (Å²) in [5, 5.41) is 0. The summed E-state index contributed by atoms with van der Waals surface area (Å²) in [5.41, 5.74) is 0.815. The Morgan fingerprint density at radius 1 is 0.456 bits per heavy atom. The lowest BCUT2D eigenvalue weighted by atomic mass is 10.1. The van der Waals surface area contributed by atoms with Crippen LogP contribution < -0.4 is 9.47 Å². The fourth-order valence-corrected chi connectivity index (χ4v) is 6.61. The van der Waals surface area contributed by atoms with E-state index in [2.05, 4.69) is 13.8 Å². The predicted octanol–water partition coefficient (Wildman–Crippen LogP) is 12.5. The van der Waals surface area contributed by atoms with Gasteiger partial charge in [0.05, 0.1) is 32.8 Å². The average Bonchev–Trinajstić information content (AvgIpc) is 3.20. The van der Waals surface area contributed by atoms with Crippen LogP contribution in [0.15, 0.2) is 18.2 Å². The molecule has 330 valence electrons. The molecule has 1 rings (SSSR count). The quantitative estimate of drug-likeness (QED) is 0.0364. The van der Waals surface area contributed by atoms with Crippen LogP contribution in [-0.2, 0) is 35.2 Å². The van der Waals surface area contributed by atoms with Crippen LogP contribution in [0.2, 0.25) is 0 Å². The first-order valence-corrected chi connectivity index (χ1v) is 23.4. The Morgan fingerprint density at radius 3 is 1.33 bits per heavy atom. The Morgan fingerprint density at radius 2 is 0.860 bits per heavy atom. The number of esters is 3. The fraction of sp³-hybridized carbons (Fsp3) is 0.812. The molecule has 0 radical (unpaired) electrons. The molecule has 0 aliphatic rings. The van der Waals surface area contributed by atoms with E-state index in [4.69, 9.17) is 23.7 Å². The number of hydrogen-bond donors (Lipinski definition) is 0. The van der Waals surface area contributed by atoms with Gasteiger partial charge in [0.1, 0.15) is 18.1 Å². The Balaban J connectivity index is 2.25. The molecule has 0 aliphatic carbocycles. The highest BCUT2D eigenvalue weighted by Gasteiger charge is 2.11. The van der Waals surface area contributed by atoms with E-state index in [1.165, 1.54) is 64.2 Å². The van der Waals surface area contributed by atoms with Crippen molar-refractivity contribution in [2.75, 3.05) is 47.1 Å². The van der Waals surface area contributed by atoms with Crippen molar-refractivity contribution in [1.82, 2.24) is 4.90 Å². The van der Waals surface area contributed by atoms with Gasteiger partial charge >= 0.3 is 17.9 Å². The van der Waals surface area contributed by atoms with E-state index in [9.17, 15) is 14.4 Å². The third kappa shape index (κ3) is 33.8. The Labute approximate surface area is 349 Å². The van der Waals surface area contributed by atoms with Gasteiger partial charge in [-0.1, -0.05) is 142 Å². The first-order valence-electron chi connectivity index (χ1n) is 23.4. The molecule has 0 saturated carbocycles. The van der Waals surface area contributed by atoms with Crippen molar-refractivity contribution >= 4 is 17.9 Å². The molecular formula is C48H85NO8. The molecule has 9 nitrogen and oxygen atoms in total. The fourth-order valence-electron chi connectivity index (χ4n) is 6.61. The van der Waals surface area contributed by atoms with E-state index in [0.717, 1.165) is 120 Å². The second kappa shape index (κ2) is 38.7. The average molecular weight is 804 g/mol. The maximum absolute atomic E-state index is 12.4. The van der Waals surface area contributed by atoms with Gasteiger partial charge in [-0.25, -0.2) is 0 Å². The normalized spacial score (nSPS) is 11.2. The highest BCUT2D eigenvalue weighted by Crippen LogP contribution is 2.26. The Bertz CT molecular complexity index is 1110. The molecule has 0 aliphatic heterocycles. The number of unbranched alkanes of at least 4 members (excludes halogenated alkanes) is 22. The number of hydrogen-bond acceptors (Lipinski definition) is 9. The molecule has 0 heterocycles. The summed E-state index contributed by atoms with van der Waals surface area (Å²) in [5.74, 6) is 1.15. The minimum absolute atomic E-state index is 0.0464. The number of benzene rings is 1. The van der Waals surface area contributed by atoms with Gasteiger partial charge in [-0.3, -0.25) is 14.4 Å². The second-order valence-corrected chi connectivity index (χ2v) is 16.1. The van der Waals surface area contributed by atoms with Crippen LogP contribution in [0.5, 0.6) is 11.5 Å². The van der Waals surface area contributed by atoms with Crippen LogP contribution in [0.25, 0.3) is 0 Å². The highest BCUT2D eigenvalue weighted by molar-refractivity contribution is 5.70. The monoisotopic (exact) mass is 804 g/mol. The largest absolute Gasteiger partial charge is 0.494 e. The molecule has 0 atom stereocenters. The van der Waals surface area contributed by atoms with Crippen LogP contribution in [-0.4, -0.2) is 69.9 Å². The summed E-state index contributed by atoms with van der Waals surface area (Å²) in [7, 11) is 3.88. The second-order valence-electron chi connectivity index (χ2n) is 16.1. The van der Waals surface area contributed by atoms with Crippen molar-refractivity contribution < 1.29 is 38.1 Å². The summed E-state index contributed by atoms with van der Waals surface area (Å²) in [6, 6.07) is 5.79. The number of nitrogens with zero attached hydrogens (tertiary/aromatic N) is 1. The molecule has 0 unspecified atom stereocenters. The van der Waals surface area contributed by atoms with Crippen LogP contribution in [0, 0.1) is 0 Å². The maximum atomic E-state index is 12.4. The van der Waals surface area contributed by atoms with Crippen molar-refractivity contribution in [3.8, 4) is 11.5 Å². The molecule has 0 fully saturated rings. The predicted molar refractivity (Wildman–Crippen MR) is 233 cm³/mol. The summed E-state index contributed by atoms with van der Waals surface area (Å²) in [6.07, 6.45) is 30.9. The minimum atomic E-state index is -0.231. The number of ether oxygens (including phenoxy) is 5. The highest BCUT2D eigenvalue weighted by atomic mass is 16.5. The number of carbonyl (C=O) groups excluding carboxylic acids is 3. The van der Waals surface area contributed by atoms with Crippen LogP contribution in [0.4, 0.5) is 0 Å². The maximum Gasteiger partial charge on any atom is 0.307 e. The molecule has 0 bridgehead atoms. The molecule has 0 saturated heterocycles. The minimum Gasteiger partial charge on any atom is -0.494 e. The SMILES string of the molecule is CCCCCCCCCC(=O)OCCCCCCCCOc1ccc(OCCCCCCCCOC(=O)CCCCCCCCC)c(COC(=O)CCN(C)C)c1. The van der Waals surface area contributed by atoms with Gasteiger partial charge < -0.3 is 28.6 Å². The Hall–Kier alpha value is -2.81. The first kappa shape index (κ1) is 52.2. The molecule has 57 heavy (non-hydrogen) atoms. The molecule has 0 N–H and O–H groups in total. The summed E-state index contributed by atoms with van der Waals surface area (Å²) >= 11 is 0. The Kier molecular flexibility index (Phi) is 35.4. The third-order valence-electron chi connectivity index (χ3n) is 10.3. The zero-order valence-corrected chi connectivity index (χ0v) is 37.2. The molecule has 9 heteroatoms. The van der Waals surface area contributed by atoms with Crippen LogP contribution in [0.3, 0.4) is 0 Å². The molecular weight excluding hydrogens is 719 g/mol. The van der Waals surface area contributed by atoms with Crippen molar-refractivity contribution in [1.29, 1.82) is 0 Å².